The summed E-state index contributed by atoms with van der Waals surface area (Å²) in [4.78, 5) is 18.9. The SMILES string of the molecule is COc1cncc(-c2ccc3[nH]nc(-c4nc5nccc(-c6cc(F)cc(NCCN(C)C)c6)c5[nH]4)c3c2)c1. The summed E-state index contributed by atoms with van der Waals surface area (Å²) in [6.45, 7) is 1.54. The lowest BCUT2D eigenvalue weighted by Gasteiger charge is -2.13. The van der Waals surface area contributed by atoms with E-state index in [1.165, 1.54) is 12.1 Å². The summed E-state index contributed by atoms with van der Waals surface area (Å²) in [7, 11) is 5.62. The van der Waals surface area contributed by atoms with E-state index in [-0.39, 0.29) is 5.82 Å². The van der Waals surface area contributed by atoms with Crippen molar-refractivity contribution in [3.8, 4) is 39.5 Å². The van der Waals surface area contributed by atoms with Crippen LogP contribution in [0.2, 0.25) is 0 Å². The van der Waals surface area contributed by atoms with Gasteiger partial charge < -0.3 is 19.9 Å². The maximum Gasteiger partial charge on any atom is 0.178 e. The van der Waals surface area contributed by atoms with Crippen LogP contribution in [0.15, 0.2) is 67.1 Å². The number of methoxy groups -OCH3 is 1. The Morgan fingerprint density at radius 1 is 1.00 bits per heavy atom. The average molecular weight is 523 g/mol. The first-order chi connectivity index (χ1) is 19.0. The van der Waals surface area contributed by atoms with Gasteiger partial charge in [-0.3, -0.25) is 10.1 Å². The summed E-state index contributed by atoms with van der Waals surface area (Å²) in [5, 5.41) is 11.8. The summed E-state index contributed by atoms with van der Waals surface area (Å²) in [5.41, 5.74) is 6.92. The topological polar surface area (TPSA) is 108 Å². The van der Waals surface area contributed by atoms with Gasteiger partial charge in [-0.05, 0) is 67.7 Å². The highest BCUT2D eigenvalue weighted by Crippen LogP contribution is 2.34. The van der Waals surface area contributed by atoms with Crippen molar-refractivity contribution in [2.75, 3.05) is 39.6 Å². The van der Waals surface area contributed by atoms with Gasteiger partial charge in [0, 0.05) is 47.7 Å². The summed E-state index contributed by atoms with van der Waals surface area (Å²) in [5.74, 6) is 0.935. The van der Waals surface area contributed by atoms with Crippen molar-refractivity contribution in [1.82, 2.24) is 35.0 Å². The molecule has 196 valence electrons. The van der Waals surface area contributed by atoms with E-state index in [1.807, 2.05) is 50.5 Å². The van der Waals surface area contributed by atoms with Crippen molar-refractivity contribution >= 4 is 27.8 Å². The molecule has 0 spiro atoms. The molecule has 39 heavy (non-hydrogen) atoms. The number of benzene rings is 2. The number of imidazole rings is 1. The van der Waals surface area contributed by atoms with Gasteiger partial charge in [0.1, 0.15) is 17.3 Å². The number of aromatic amines is 2. The monoisotopic (exact) mass is 522 g/mol. The van der Waals surface area contributed by atoms with E-state index in [0.29, 0.717) is 35.0 Å². The fourth-order valence-electron chi connectivity index (χ4n) is 4.60. The number of nitrogens with one attached hydrogen (secondary N) is 3. The lowest BCUT2D eigenvalue weighted by molar-refractivity contribution is 0.413. The summed E-state index contributed by atoms with van der Waals surface area (Å²) in [6, 6.07) is 14.8. The van der Waals surface area contributed by atoms with Crippen molar-refractivity contribution in [2.45, 2.75) is 0 Å². The molecular weight excluding hydrogens is 495 g/mol. The van der Waals surface area contributed by atoms with Crippen LogP contribution < -0.4 is 10.1 Å². The van der Waals surface area contributed by atoms with E-state index in [9.17, 15) is 4.39 Å². The van der Waals surface area contributed by atoms with Crippen LogP contribution in [0.4, 0.5) is 10.1 Å². The zero-order valence-electron chi connectivity index (χ0n) is 21.8. The molecule has 0 unspecified atom stereocenters. The Hall–Kier alpha value is -4.83. The second-order valence-corrected chi connectivity index (χ2v) is 9.55. The third-order valence-corrected chi connectivity index (χ3v) is 6.56. The van der Waals surface area contributed by atoms with Gasteiger partial charge in [-0.15, -0.1) is 0 Å². The Labute approximate surface area is 224 Å². The smallest absolute Gasteiger partial charge is 0.178 e. The number of H-pyrrole nitrogens is 2. The number of anilines is 1. The summed E-state index contributed by atoms with van der Waals surface area (Å²) >= 11 is 0. The highest BCUT2D eigenvalue weighted by molar-refractivity contribution is 5.97. The molecule has 9 nitrogen and oxygen atoms in total. The van der Waals surface area contributed by atoms with Crippen LogP contribution in [0.1, 0.15) is 0 Å². The molecule has 3 N–H and O–H groups in total. The fourth-order valence-corrected chi connectivity index (χ4v) is 4.60. The number of nitrogens with zero attached hydrogens (tertiary/aromatic N) is 5. The second kappa shape index (κ2) is 10.1. The van der Waals surface area contributed by atoms with Crippen LogP contribution in [-0.2, 0) is 0 Å². The predicted octanol–water partition coefficient (Wildman–Crippen LogP) is 5.35. The Kier molecular flexibility index (Phi) is 6.37. The molecule has 0 saturated heterocycles. The van der Waals surface area contributed by atoms with Crippen LogP contribution in [0.25, 0.3) is 55.8 Å². The molecule has 4 heterocycles. The quantitative estimate of drug-likeness (QED) is 0.247. The summed E-state index contributed by atoms with van der Waals surface area (Å²) in [6.07, 6.45) is 5.15. The standard InChI is InChI=1S/C29H27FN8O/c1-38(2)9-8-32-21-11-18(10-20(30)14-21)23-6-7-33-28-26(23)34-29(35-28)27-24-13-17(4-5-25(24)36-37-27)19-12-22(39-3)16-31-15-19/h4-7,10-16,32H,8-9H2,1-3H3,(H,36,37)(H,33,34,35). The number of hydrogen-bond donors (Lipinski definition) is 3. The largest absolute Gasteiger partial charge is 0.495 e. The van der Waals surface area contributed by atoms with Gasteiger partial charge in [0.05, 0.1) is 24.3 Å². The van der Waals surface area contributed by atoms with Gasteiger partial charge in [0.25, 0.3) is 0 Å². The minimum absolute atomic E-state index is 0.317. The number of rotatable bonds is 8. The van der Waals surface area contributed by atoms with Crippen molar-refractivity contribution in [1.29, 1.82) is 0 Å². The number of likely N-dealkylation sites (N-methyl/N-ethyl adjacent to an activating group) is 1. The first-order valence-corrected chi connectivity index (χ1v) is 12.5. The van der Waals surface area contributed by atoms with Crippen molar-refractivity contribution in [3.05, 3.63) is 72.9 Å². The number of hydrogen-bond acceptors (Lipinski definition) is 7. The highest BCUT2D eigenvalue weighted by Gasteiger charge is 2.17. The molecule has 0 amide bonds. The van der Waals surface area contributed by atoms with Crippen LogP contribution in [0.5, 0.6) is 5.75 Å². The number of aromatic nitrogens is 6. The van der Waals surface area contributed by atoms with Gasteiger partial charge in [0.15, 0.2) is 11.5 Å². The third-order valence-electron chi connectivity index (χ3n) is 6.56. The van der Waals surface area contributed by atoms with Crippen LogP contribution in [-0.4, -0.2) is 69.3 Å². The Morgan fingerprint density at radius 3 is 2.74 bits per heavy atom. The van der Waals surface area contributed by atoms with Gasteiger partial charge in [-0.1, -0.05) is 6.07 Å². The minimum atomic E-state index is -0.317. The first-order valence-electron chi connectivity index (χ1n) is 12.5. The maximum atomic E-state index is 14.6. The van der Waals surface area contributed by atoms with Gasteiger partial charge in [-0.2, -0.15) is 5.10 Å². The van der Waals surface area contributed by atoms with E-state index in [2.05, 4.69) is 35.4 Å². The van der Waals surface area contributed by atoms with Crippen LogP contribution in [0, 0.1) is 5.82 Å². The number of pyridine rings is 2. The second-order valence-electron chi connectivity index (χ2n) is 9.55. The predicted molar refractivity (Wildman–Crippen MR) is 151 cm³/mol. The lowest BCUT2D eigenvalue weighted by atomic mass is 10.0. The first kappa shape index (κ1) is 24.5. The summed E-state index contributed by atoms with van der Waals surface area (Å²) < 4.78 is 19.9. The highest BCUT2D eigenvalue weighted by atomic mass is 19.1. The number of halogens is 1. The van der Waals surface area contributed by atoms with E-state index in [1.54, 1.807) is 25.7 Å². The Morgan fingerprint density at radius 2 is 1.90 bits per heavy atom. The minimum Gasteiger partial charge on any atom is -0.495 e. The molecule has 2 aromatic carbocycles. The molecule has 0 aliphatic carbocycles. The maximum absolute atomic E-state index is 14.6. The van der Waals surface area contributed by atoms with Crippen molar-refractivity contribution in [3.63, 3.8) is 0 Å². The van der Waals surface area contributed by atoms with Gasteiger partial charge in [-0.25, -0.2) is 14.4 Å². The molecular formula is C29H27FN8O. The molecule has 0 fully saturated rings. The zero-order chi connectivity index (χ0) is 26.9. The number of fused-ring (bicyclic) bond motifs is 2. The van der Waals surface area contributed by atoms with Gasteiger partial charge >= 0.3 is 0 Å². The molecule has 0 radical (unpaired) electrons. The van der Waals surface area contributed by atoms with Crippen LogP contribution >= 0.6 is 0 Å². The number of ether oxygens (including phenoxy) is 1. The van der Waals surface area contributed by atoms with E-state index < -0.39 is 0 Å². The Balaban J connectivity index is 1.40. The van der Waals surface area contributed by atoms with Crippen molar-refractivity contribution in [2.24, 2.45) is 0 Å². The Bertz CT molecular complexity index is 1790. The van der Waals surface area contributed by atoms with E-state index >= 15 is 0 Å². The third kappa shape index (κ3) is 4.89. The zero-order valence-corrected chi connectivity index (χ0v) is 21.8. The molecule has 4 aromatic heterocycles. The molecule has 0 saturated carbocycles. The molecule has 0 bridgehead atoms. The fraction of sp³-hybridized carbons (Fsp3) is 0.172. The van der Waals surface area contributed by atoms with Gasteiger partial charge in [0.2, 0.25) is 0 Å². The molecule has 10 heteroatoms. The lowest BCUT2D eigenvalue weighted by Crippen LogP contribution is -2.20. The van der Waals surface area contributed by atoms with E-state index in [0.717, 1.165) is 45.4 Å². The average Bonchev–Trinajstić information content (AvgIpc) is 3.56. The van der Waals surface area contributed by atoms with Crippen molar-refractivity contribution < 1.29 is 9.13 Å². The molecule has 0 aliphatic rings. The normalized spacial score (nSPS) is 11.5. The molecule has 0 aliphatic heterocycles. The molecule has 6 aromatic rings. The molecule has 6 rings (SSSR count). The van der Waals surface area contributed by atoms with Crippen LogP contribution in [0.3, 0.4) is 0 Å². The molecule has 0 atom stereocenters. The van der Waals surface area contributed by atoms with E-state index in [4.69, 9.17) is 9.72 Å².